The molecule has 0 aliphatic carbocycles. The van der Waals surface area contributed by atoms with E-state index in [1.165, 1.54) is 0 Å². The highest BCUT2D eigenvalue weighted by Gasteiger charge is 2.29. The van der Waals surface area contributed by atoms with Gasteiger partial charge in [0.15, 0.2) is 0 Å². The summed E-state index contributed by atoms with van der Waals surface area (Å²) in [4.78, 5) is 14.5. The highest BCUT2D eigenvalue weighted by atomic mass is 35.5. The van der Waals surface area contributed by atoms with Gasteiger partial charge in [-0.3, -0.25) is 9.69 Å². The Morgan fingerprint density at radius 3 is 2.50 bits per heavy atom. The minimum absolute atomic E-state index is 0. The quantitative estimate of drug-likeness (QED) is 0.730. The molecule has 0 bridgehead atoms. The van der Waals surface area contributed by atoms with Crippen molar-refractivity contribution < 1.29 is 9.21 Å². The second-order valence-electron chi connectivity index (χ2n) is 5.63. The summed E-state index contributed by atoms with van der Waals surface area (Å²) in [6, 6.07) is 3.86. The van der Waals surface area contributed by atoms with Crippen molar-refractivity contribution in [2.24, 2.45) is 5.73 Å². The third-order valence-corrected chi connectivity index (χ3v) is 3.87. The molecule has 1 rings (SSSR count). The fourth-order valence-corrected chi connectivity index (χ4v) is 2.58. The van der Waals surface area contributed by atoms with E-state index in [1.54, 1.807) is 13.2 Å². The van der Waals surface area contributed by atoms with Gasteiger partial charge in [0.2, 0.25) is 5.91 Å². The van der Waals surface area contributed by atoms with Crippen LogP contribution in [0.3, 0.4) is 0 Å². The van der Waals surface area contributed by atoms with E-state index in [2.05, 4.69) is 24.1 Å². The summed E-state index contributed by atoms with van der Waals surface area (Å²) >= 11 is 0. The zero-order valence-electron chi connectivity index (χ0n) is 14.1. The molecule has 1 heterocycles. The summed E-state index contributed by atoms with van der Waals surface area (Å²) in [5.41, 5.74) is 5.25. The van der Waals surface area contributed by atoms with E-state index in [0.717, 1.165) is 25.3 Å². The van der Waals surface area contributed by atoms with Gasteiger partial charge >= 0.3 is 0 Å². The highest BCUT2D eigenvalue weighted by Crippen LogP contribution is 2.20. The highest BCUT2D eigenvalue weighted by molar-refractivity contribution is 5.85. The summed E-state index contributed by atoms with van der Waals surface area (Å²) < 4.78 is 5.52. The fraction of sp³-hybridized carbons (Fsp3) is 0.688. The molecule has 5 nitrogen and oxygen atoms in total. The van der Waals surface area contributed by atoms with Crippen LogP contribution in [0.25, 0.3) is 0 Å². The standard InChI is InChI=1S/C16H29N3O2.ClH/c1-5-10-16(4,17)15(20)18-12-13(19(6-2)7-3)14-9-8-11-21-14;/h8-9,11,13H,5-7,10,12,17H2,1-4H3,(H,18,20);1H. The second-order valence-corrected chi connectivity index (χ2v) is 5.63. The smallest absolute Gasteiger partial charge is 0.239 e. The van der Waals surface area contributed by atoms with Gasteiger partial charge in [-0.05, 0) is 38.6 Å². The molecule has 0 aromatic carbocycles. The largest absolute Gasteiger partial charge is 0.468 e. The van der Waals surface area contributed by atoms with Gasteiger partial charge < -0.3 is 15.5 Å². The maximum Gasteiger partial charge on any atom is 0.239 e. The molecule has 0 aliphatic rings. The SMILES string of the molecule is CCCC(C)(N)C(=O)NCC(c1ccco1)N(CC)CC.Cl. The lowest BCUT2D eigenvalue weighted by atomic mass is 9.96. The molecule has 2 atom stereocenters. The minimum Gasteiger partial charge on any atom is -0.468 e. The van der Waals surface area contributed by atoms with Crippen LogP contribution in [0.5, 0.6) is 0 Å². The number of nitrogens with zero attached hydrogens (tertiary/aromatic N) is 1. The number of hydrogen-bond donors (Lipinski definition) is 2. The first-order chi connectivity index (χ1) is 9.96. The van der Waals surface area contributed by atoms with Crippen molar-refractivity contribution in [2.75, 3.05) is 19.6 Å². The van der Waals surface area contributed by atoms with Gasteiger partial charge in [0, 0.05) is 6.54 Å². The van der Waals surface area contributed by atoms with Crippen molar-refractivity contribution >= 4 is 18.3 Å². The van der Waals surface area contributed by atoms with Gasteiger partial charge in [-0.25, -0.2) is 0 Å². The Morgan fingerprint density at radius 2 is 2.05 bits per heavy atom. The van der Waals surface area contributed by atoms with Crippen molar-refractivity contribution in [3.63, 3.8) is 0 Å². The number of furan rings is 1. The predicted octanol–water partition coefficient (Wildman–Crippen LogP) is 2.72. The molecular weight excluding hydrogens is 302 g/mol. The number of rotatable bonds is 9. The maximum absolute atomic E-state index is 12.2. The Hall–Kier alpha value is -1.04. The number of likely N-dealkylation sites (N-methyl/N-ethyl adjacent to an activating group) is 1. The number of amides is 1. The monoisotopic (exact) mass is 331 g/mol. The minimum atomic E-state index is -0.814. The van der Waals surface area contributed by atoms with Crippen molar-refractivity contribution in [1.82, 2.24) is 10.2 Å². The molecule has 128 valence electrons. The Bertz CT molecular complexity index is 417. The van der Waals surface area contributed by atoms with Crippen molar-refractivity contribution in [3.05, 3.63) is 24.2 Å². The van der Waals surface area contributed by atoms with Crippen LogP contribution in [-0.4, -0.2) is 36.0 Å². The van der Waals surface area contributed by atoms with E-state index in [9.17, 15) is 4.79 Å². The molecule has 6 heteroatoms. The van der Waals surface area contributed by atoms with Crippen LogP contribution in [0.15, 0.2) is 22.8 Å². The Kier molecular flexibility index (Phi) is 9.41. The first-order valence-electron chi connectivity index (χ1n) is 7.80. The summed E-state index contributed by atoms with van der Waals surface area (Å²) in [6.07, 6.45) is 3.23. The molecule has 1 aromatic rings. The van der Waals surface area contributed by atoms with Gasteiger partial charge in [0.05, 0.1) is 17.8 Å². The van der Waals surface area contributed by atoms with Gasteiger partial charge in [-0.1, -0.05) is 27.2 Å². The average molecular weight is 332 g/mol. The summed E-state index contributed by atoms with van der Waals surface area (Å²) in [7, 11) is 0. The van der Waals surface area contributed by atoms with Crippen molar-refractivity contribution in [1.29, 1.82) is 0 Å². The molecule has 1 amide bonds. The van der Waals surface area contributed by atoms with Crippen LogP contribution >= 0.6 is 12.4 Å². The van der Waals surface area contributed by atoms with E-state index in [-0.39, 0.29) is 24.4 Å². The predicted molar refractivity (Wildman–Crippen MR) is 92.1 cm³/mol. The summed E-state index contributed by atoms with van der Waals surface area (Å²) in [5, 5.41) is 2.98. The molecule has 2 unspecified atom stereocenters. The third-order valence-electron chi connectivity index (χ3n) is 3.87. The number of halogens is 1. The van der Waals surface area contributed by atoms with Crippen LogP contribution in [0.1, 0.15) is 52.3 Å². The van der Waals surface area contributed by atoms with E-state index in [4.69, 9.17) is 10.2 Å². The molecule has 1 aromatic heterocycles. The van der Waals surface area contributed by atoms with Gasteiger partial charge in [0.1, 0.15) is 5.76 Å². The molecule has 22 heavy (non-hydrogen) atoms. The molecule has 0 radical (unpaired) electrons. The third kappa shape index (κ3) is 5.63. The summed E-state index contributed by atoms with van der Waals surface area (Å²) in [6.45, 7) is 10.3. The van der Waals surface area contributed by atoms with Crippen LogP contribution in [0, 0.1) is 0 Å². The van der Waals surface area contributed by atoms with E-state index < -0.39 is 5.54 Å². The molecule has 0 saturated heterocycles. The lowest BCUT2D eigenvalue weighted by Crippen LogP contribution is -2.53. The van der Waals surface area contributed by atoms with Gasteiger partial charge in [-0.2, -0.15) is 0 Å². The first kappa shape index (κ1) is 21.0. The van der Waals surface area contributed by atoms with Crippen LogP contribution < -0.4 is 11.1 Å². The molecule has 0 aliphatic heterocycles. The fourth-order valence-electron chi connectivity index (χ4n) is 2.58. The lowest BCUT2D eigenvalue weighted by molar-refractivity contribution is -0.126. The molecule has 3 N–H and O–H groups in total. The average Bonchev–Trinajstić information content (AvgIpc) is 2.96. The summed E-state index contributed by atoms with van der Waals surface area (Å²) in [5.74, 6) is 0.765. The Balaban J connectivity index is 0.00000441. The number of carbonyl (C=O) groups is 1. The van der Waals surface area contributed by atoms with Crippen molar-refractivity contribution in [3.8, 4) is 0 Å². The second kappa shape index (κ2) is 9.87. The number of carbonyl (C=O) groups excluding carboxylic acids is 1. The first-order valence-corrected chi connectivity index (χ1v) is 7.80. The molecular formula is C16H30ClN3O2. The normalized spacial score (nSPS) is 15.0. The van der Waals surface area contributed by atoms with Crippen LogP contribution in [0.4, 0.5) is 0 Å². The van der Waals surface area contributed by atoms with Gasteiger partial charge in [0.25, 0.3) is 0 Å². The zero-order chi connectivity index (χ0) is 15.9. The van der Waals surface area contributed by atoms with E-state index in [0.29, 0.717) is 13.0 Å². The van der Waals surface area contributed by atoms with Crippen molar-refractivity contribution in [2.45, 2.75) is 52.1 Å². The number of nitrogens with one attached hydrogen (secondary N) is 1. The topological polar surface area (TPSA) is 71.5 Å². The van der Waals surface area contributed by atoms with Gasteiger partial charge in [-0.15, -0.1) is 12.4 Å². The maximum atomic E-state index is 12.2. The molecule has 0 spiro atoms. The van der Waals surface area contributed by atoms with Crippen LogP contribution in [-0.2, 0) is 4.79 Å². The number of nitrogens with two attached hydrogens (primary N) is 1. The molecule has 0 fully saturated rings. The van der Waals surface area contributed by atoms with Crippen LogP contribution in [0.2, 0.25) is 0 Å². The number of hydrogen-bond acceptors (Lipinski definition) is 4. The Morgan fingerprint density at radius 1 is 1.41 bits per heavy atom. The van der Waals surface area contributed by atoms with E-state index >= 15 is 0 Å². The lowest BCUT2D eigenvalue weighted by Gasteiger charge is -2.30. The Labute approximate surface area is 140 Å². The van der Waals surface area contributed by atoms with E-state index in [1.807, 2.05) is 19.1 Å². The molecule has 0 saturated carbocycles. The zero-order valence-corrected chi connectivity index (χ0v) is 14.9.